The Morgan fingerprint density at radius 3 is 2.35 bits per heavy atom. The van der Waals surface area contributed by atoms with Gasteiger partial charge in [-0.3, -0.25) is 4.90 Å². The Morgan fingerprint density at radius 2 is 1.58 bits per heavy atom. The summed E-state index contributed by atoms with van der Waals surface area (Å²) in [4.78, 5) is 4.96. The molecule has 4 nitrogen and oxygen atoms in total. The minimum atomic E-state index is 0.628. The highest BCUT2D eigenvalue weighted by Gasteiger charge is 2.18. The fourth-order valence-electron chi connectivity index (χ4n) is 3.63. The zero-order chi connectivity index (χ0) is 17.8. The van der Waals surface area contributed by atoms with Gasteiger partial charge in [0.05, 0.1) is 0 Å². The molecule has 1 fully saturated rings. The van der Waals surface area contributed by atoms with E-state index in [1.165, 1.54) is 22.0 Å². The molecular weight excluding hydrogens is 342 g/mol. The summed E-state index contributed by atoms with van der Waals surface area (Å²) in [7, 11) is 0. The molecule has 1 aliphatic rings. The summed E-state index contributed by atoms with van der Waals surface area (Å²) < 4.78 is 11.7. The van der Waals surface area contributed by atoms with Crippen molar-refractivity contribution in [2.24, 2.45) is 0 Å². The van der Waals surface area contributed by atoms with Crippen LogP contribution < -0.4 is 9.62 Å². The molecule has 3 aromatic carbocycles. The Labute approximate surface area is 158 Å². The molecule has 0 aromatic heterocycles. The minimum Gasteiger partial charge on any atom is -0.369 e. The number of nitrogens with zero attached hydrogens (tertiary/aromatic N) is 2. The second-order valence-corrected chi connectivity index (χ2v) is 7.03. The molecule has 1 saturated heterocycles. The summed E-state index contributed by atoms with van der Waals surface area (Å²) in [6.45, 7) is 5.20. The number of nitrogens with one attached hydrogen (secondary N) is 1. The summed E-state index contributed by atoms with van der Waals surface area (Å²) in [5, 5.41) is 2.68. The Hall–Kier alpha value is -2.21. The molecule has 0 bridgehead atoms. The van der Waals surface area contributed by atoms with E-state index in [4.69, 9.17) is 4.55 Å². The highest BCUT2D eigenvalue weighted by atomic mass is 32.2. The van der Waals surface area contributed by atoms with Crippen molar-refractivity contribution >= 4 is 34.4 Å². The van der Waals surface area contributed by atoms with Crippen LogP contribution in [0.3, 0.4) is 0 Å². The van der Waals surface area contributed by atoms with Crippen LogP contribution in [-0.2, 0) is 6.54 Å². The van der Waals surface area contributed by atoms with E-state index in [1.807, 2.05) is 12.1 Å². The van der Waals surface area contributed by atoms with E-state index < -0.39 is 0 Å². The third-order valence-electron chi connectivity index (χ3n) is 5.04. The van der Waals surface area contributed by atoms with Crippen molar-refractivity contribution in [3.05, 3.63) is 72.3 Å². The molecule has 4 rings (SSSR count). The molecule has 5 heteroatoms. The number of fused-ring (bicyclic) bond motifs is 1. The van der Waals surface area contributed by atoms with Gasteiger partial charge in [0, 0.05) is 44.1 Å². The summed E-state index contributed by atoms with van der Waals surface area (Å²) in [5.74, 6) is 0. The fourth-order valence-corrected chi connectivity index (χ4v) is 3.87. The van der Waals surface area contributed by atoms with Crippen LogP contribution in [0.1, 0.15) is 5.56 Å². The zero-order valence-corrected chi connectivity index (χ0v) is 15.5. The fraction of sp³-hybridized carbons (Fsp3) is 0.238. The molecule has 0 saturated carbocycles. The number of hydrogen-bond acceptors (Lipinski definition) is 5. The van der Waals surface area contributed by atoms with Gasteiger partial charge in [0.2, 0.25) is 0 Å². The van der Waals surface area contributed by atoms with E-state index in [-0.39, 0.29) is 0 Å². The van der Waals surface area contributed by atoms with Gasteiger partial charge in [-0.15, -0.1) is 0 Å². The zero-order valence-electron chi connectivity index (χ0n) is 14.6. The maximum atomic E-state index is 8.84. The largest absolute Gasteiger partial charge is 0.369 e. The second kappa shape index (κ2) is 7.99. The van der Waals surface area contributed by atoms with Gasteiger partial charge < -0.3 is 14.2 Å². The first-order valence-electron chi connectivity index (χ1n) is 8.94. The van der Waals surface area contributed by atoms with Crippen LogP contribution in [-0.4, -0.2) is 35.6 Å². The van der Waals surface area contributed by atoms with E-state index >= 15 is 0 Å². The predicted molar refractivity (Wildman–Crippen MR) is 112 cm³/mol. The quantitative estimate of drug-likeness (QED) is 0.507. The molecule has 26 heavy (non-hydrogen) atoms. The number of hydrogen-bond donors (Lipinski definition) is 2. The average Bonchev–Trinajstić information content (AvgIpc) is 2.70. The smallest absolute Gasteiger partial charge is 0.108 e. The molecular formula is C21H23N3OS. The molecule has 0 aliphatic carbocycles. The highest BCUT2D eigenvalue weighted by molar-refractivity contribution is 7.95. The van der Waals surface area contributed by atoms with Crippen LogP contribution in [0.4, 0.5) is 11.4 Å². The lowest BCUT2D eigenvalue weighted by Crippen LogP contribution is -2.45. The van der Waals surface area contributed by atoms with Crippen molar-refractivity contribution in [2.75, 3.05) is 35.8 Å². The van der Waals surface area contributed by atoms with E-state index in [1.54, 1.807) is 0 Å². The standard InChI is InChI=1S/C21H23N3OS/c25-26-22-19-8-10-20(11-9-19)24-14-12-23(13-15-24)16-18-6-3-5-17-4-1-2-7-21(17)18/h1-11,22,25H,12-16H2. The van der Waals surface area contributed by atoms with Crippen molar-refractivity contribution in [2.45, 2.75) is 6.54 Å². The molecule has 2 N–H and O–H groups in total. The number of rotatable bonds is 5. The van der Waals surface area contributed by atoms with E-state index in [2.05, 4.69) is 69.1 Å². The van der Waals surface area contributed by atoms with Crippen LogP contribution in [0.15, 0.2) is 66.7 Å². The van der Waals surface area contributed by atoms with Crippen LogP contribution in [0.2, 0.25) is 0 Å². The molecule has 0 atom stereocenters. The molecule has 1 heterocycles. The molecule has 0 unspecified atom stereocenters. The van der Waals surface area contributed by atoms with Gasteiger partial charge in [0.25, 0.3) is 0 Å². The van der Waals surface area contributed by atoms with Crippen molar-refractivity contribution in [1.82, 2.24) is 4.90 Å². The Kier molecular flexibility index (Phi) is 5.29. The summed E-state index contributed by atoms with van der Waals surface area (Å²) in [6, 6.07) is 23.5. The second-order valence-electron chi connectivity index (χ2n) is 6.64. The molecule has 0 amide bonds. The van der Waals surface area contributed by atoms with Crippen LogP contribution in [0.5, 0.6) is 0 Å². The first kappa shape index (κ1) is 17.2. The molecule has 1 aliphatic heterocycles. The predicted octanol–water partition coefficient (Wildman–Crippen LogP) is 4.70. The monoisotopic (exact) mass is 365 g/mol. The number of anilines is 2. The average molecular weight is 366 g/mol. The lowest BCUT2D eigenvalue weighted by atomic mass is 10.0. The first-order chi connectivity index (χ1) is 12.8. The van der Waals surface area contributed by atoms with Gasteiger partial charge in [-0.1, -0.05) is 42.5 Å². The van der Waals surface area contributed by atoms with Crippen molar-refractivity contribution < 1.29 is 4.55 Å². The van der Waals surface area contributed by atoms with Gasteiger partial charge in [-0.25, -0.2) is 0 Å². The van der Waals surface area contributed by atoms with Gasteiger partial charge in [0.15, 0.2) is 0 Å². The summed E-state index contributed by atoms with van der Waals surface area (Å²) in [6.07, 6.45) is 0. The van der Waals surface area contributed by atoms with Gasteiger partial charge in [-0.2, -0.15) is 0 Å². The third-order valence-corrected chi connectivity index (χ3v) is 5.37. The maximum absolute atomic E-state index is 8.84. The van der Waals surface area contributed by atoms with Gasteiger partial charge in [0.1, 0.15) is 12.2 Å². The topological polar surface area (TPSA) is 38.7 Å². The van der Waals surface area contributed by atoms with E-state index in [0.29, 0.717) is 12.2 Å². The molecule has 134 valence electrons. The lowest BCUT2D eigenvalue weighted by molar-refractivity contribution is 0.250. The maximum Gasteiger partial charge on any atom is 0.108 e. The Balaban J connectivity index is 1.39. The van der Waals surface area contributed by atoms with Crippen molar-refractivity contribution in [3.63, 3.8) is 0 Å². The van der Waals surface area contributed by atoms with E-state index in [0.717, 1.165) is 38.4 Å². The van der Waals surface area contributed by atoms with Crippen molar-refractivity contribution in [3.8, 4) is 0 Å². The van der Waals surface area contributed by atoms with Gasteiger partial charge >= 0.3 is 0 Å². The summed E-state index contributed by atoms with van der Waals surface area (Å²) in [5.41, 5.74) is 3.56. The first-order valence-corrected chi connectivity index (χ1v) is 9.71. The SMILES string of the molecule is OSNc1ccc(N2CCN(Cc3cccc4ccccc34)CC2)cc1. The van der Waals surface area contributed by atoms with E-state index in [9.17, 15) is 0 Å². The van der Waals surface area contributed by atoms with Crippen LogP contribution in [0, 0.1) is 0 Å². The third kappa shape index (κ3) is 3.80. The van der Waals surface area contributed by atoms with Gasteiger partial charge in [-0.05, 0) is 40.6 Å². The van der Waals surface area contributed by atoms with Crippen LogP contribution in [0.25, 0.3) is 10.8 Å². The number of piperazine rings is 1. The molecule has 0 spiro atoms. The lowest BCUT2D eigenvalue weighted by Gasteiger charge is -2.36. The highest BCUT2D eigenvalue weighted by Crippen LogP contribution is 2.23. The minimum absolute atomic E-state index is 0.628. The number of benzene rings is 3. The Bertz CT molecular complexity index is 855. The van der Waals surface area contributed by atoms with Crippen molar-refractivity contribution in [1.29, 1.82) is 0 Å². The Morgan fingerprint density at radius 1 is 0.846 bits per heavy atom. The normalized spacial score (nSPS) is 15.3. The summed E-state index contributed by atoms with van der Waals surface area (Å²) >= 11 is 0.628. The molecule has 0 radical (unpaired) electrons. The molecule has 3 aromatic rings. The van der Waals surface area contributed by atoms with Crippen LogP contribution >= 0.6 is 12.2 Å².